The van der Waals surface area contributed by atoms with E-state index >= 15 is 0 Å². The number of hydrogen-bond donors (Lipinski definition) is 1. The normalized spacial score (nSPS) is 13.8. The monoisotopic (exact) mass is 269 g/mol. The maximum Gasteiger partial charge on any atom is 0.404 e. The van der Waals surface area contributed by atoms with Crippen LogP contribution in [0.15, 0.2) is 18.2 Å². The topological polar surface area (TPSA) is 12.0 Å². The molecule has 0 saturated heterocycles. The summed E-state index contributed by atoms with van der Waals surface area (Å²) in [5, 5.41) is 2.45. The van der Waals surface area contributed by atoms with E-state index in [9.17, 15) is 17.6 Å². The molecule has 0 amide bonds. The van der Waals surface area contributed by atoms with Crippen molar-refractivity contribution < 1.29 is 17.6 Å². The van der Waals surface area contributed by atoms with Crippen LogP contribution in [0.1, 0.15) is 12.5 Å². The molecular formula is C11H12ClF4N. The minimum atomic E-state index is -4.38. The van der Waals surface area contributed by atoms with E-state index in [-0.39, 0.29) is 23.6 Å². The molecule has 0 fully saturated rings. The summed E-state index contributed by atoms with van der Waals surface area (Å²) < 4.78 is 50.8. The van der Waals surface area contributed by atoms with Crippen molar-refractivity contribution in [3.8, 4) is 0 Å². The van der Waals surface area contributed by atoms with E-state index in [1.165, 1.54) is 6.07 Å². The highest BCUT2D eigenvalue weighted by Crippen LogP contribution is 2.26. The van der Waals surface area contributed by atoms with Gasteiger partial charge in [-0.1, -0.05) is 18.5 Å². The largest absolute Gasteiger partial charge is 0.404 e. The summed E-state index contributed by atoms with van der Waals surface area (Å²) in [6, 6.07) is 1.68. The number of benzene rings is 1. The molecule has 96 valence electrons. The van der Waals surface area contributed by atoms with Crippen molar-refractivity contribution in [2.45, 2.75) is 25.6 Å². The number of alkyl halides is 3. The molecule has 1 atom stereocenters. The first kappa shape index (κ1) is 14.3. The smallest absolute Gasteiger partial charge is 0.306 e. The van der Waals surface area contributed by atoms with Gasteiger partial charge in [0, 0.05) is 5.02 Å². The summed E-state index contributed by atoms with van der Waals surface area (Å²) >= 11 is 5.73. The van der Waals surface area contributed by atoms with E-state index in [0.29, 0.717) is 0 Å². The molecule has 1 nitrogen and oxygen atoms in total. The van der Waals surface area contributed by atoms with Gasteiger partial charge in [-0.05, 0) is 36.7 Å². The highest BCUT2D eigenvalue weighted by atomic mass is 35.5. The second-order valence-electron chi connectivity index (χ2n) is 3.59. The van der Waals surface area contributed by atoms with Gasteiger partial charge in [0.05, 0.1) is 0 Å². The molecule has 6 heteroatoms. The highest BCUT2D eigenvalue weighted by molar-refractivity contribution is 6.31. The molecule has 0 saturated carbocycles. The number of hydrogen-bond acceptors (Lipinski definition) is 1. The molecule has 0 aromatic heterocycles. The van der Waals surface area contributed by atoms with Crippen LogP contribution in [-0.2, 0) is 6.42 Å². The number of likely N-dealkylation sites (N-methyl/N-ethyl adjacent to an activating group) is 1. The third-order valence-corrected chi connectivity index (χ3v) is 2.65. The third kappa shape index (κ3) is 4.16. The summed E-state index contributed by atoms with van der Waals surface area (Å²) in [5.41, 5.74) is 0.148. The van der Waals surface area contributed by atoms with Crippen LogP contribution in [-0.4, -0.2) is 18.8 Å². The molecular weight excluding hydrogens is 258 g/mol. The minimum Gasteiger partial charge on any atom is -0.306 e. The molecule has 0 aliphatic rings. The zero-order valence-electron chi connectivity index (χ0n) is 9.11. The summed E-state index contributed by atoms with van der Waals surface area (Å²) in [6.07, 6.45) is -4.76. The first-order chi connectivity index (χ1) is 7.84. The molecule has 1 N–H and O–H groups in total. The predicted octanol–water partition coefficient (Wildman–Crippen LogP) is 3.56. The van der Waals surface area contributed by atoms with Crippen molar-refractivity contribution in [1.29, 1.82) is 0 Å². The first-order valence-electron chi connectivity index (χ1n) is 5.08. The quantitative estimate of drug-likeness (QED) is 0.824. The Bertz CT molecular complexity index is 378. The minimum absolute atomic E-state index is 0.138. The molecule has 0 aliphatic carbocycles. The summed E-state index contributed by atoms with van der Waals surface area (Å²) in [5.74, 6) is -0.596. The molecule has 0 bridgehead atoms. The first-order valence-corrected chi connectivity index (χ1v) is 5.46. The molecule has 1 aromatic rings. The lowest BCUT2D eigenvalue weighted by atomic mass is 10.1. The van der Waals surface area contributed by atoms with Crippen LogP contribution >= 0.6 is 11.6 Å². The summed E-state index contributed by atoms with van der Waals surface area (Å²) in [6.45, 7) is 1.75. The Morgan fingerprint density at radius 2 is 2.00 bits per heavy atom. The second-order valence-corrected chi connectivity index (χ2v) is 4.00. The van der Waals surface area contributed by atoms with Crippen LogP contribution < -0.4 is 5.32 Å². The third-order valence-electron chi connectivity index (χ3n) is 2.28. The SMILES string of the molecule is CCNC(Cc1cc(F)ccc1Cl)C(F)(F)F. The van der Waals surface area contributed by atoms with Crippen molar-refractivity contribution in [1.82, 2.24) is 5.32 Å². The van der Waals surface area contributed by atoms with Gasteiger partial charge in [-0.25, -0.2) is 4.39 Å². The van der Waals surface area contributed by atoms with Gasteiger partial charge >= 0.3 is 6.18 Å². The molecule has 1 rings (SSSR count). The lowest BCUT2D eigenvalue weighted by Crippen LogP contribution is -2.43. The Kier molecular flexibility index (Phi) is 4.77. The molecule has 0 heterocycles. The fourth-order valence-corrected chi connectivity index (χ4v) is 1.66. The van der Waals surface area contributed by atoms with Crippen molar-refractivity contribution in [3.63, 3.8) is 0 Å². The summed E-state index contributed by atoms with van der Waals surface area (Å²) in [4.78, 5) is 0. The van der Waals surface area contributed by atoms with Gasteiger partial charge in [-0.2, -0.15) is 13.2 Å². The van der Waals surface area contributed by atoms with Gasteiger partial charge in [-0.3, -0.25) is 0 Å². The molecule has 0 spiro atoms. The lowest BCUT2D eigenvalue weighted by molar-refractivity contribution is -0.155. The van der Waals surface area contributed by atoms with Crippen molar-refractivity contribution in [2.75, 3.05) is 6.54 Å². The van der Waals surface area contributed by atoms with Crippen LogP contribution in [0.5, 0.6) is 0 Å². The van der Waals surface area contributed by atoms with Gasteiger partial charge in [0.15, 0.2) is 0 Å². The average molecular weight is 270 g/mol. The van der Waals surface area contributed by atoms with E-state index in [4.69, 9.17) is 11.6 Å². The fourth-order valence-electron chi connectivity index (χ4n) is 1.47. The van der Waals surface area contributed by atoms with Crippen LogP contribution in [0.3, 0.4) is 0 Å². The number of rotatable bonds is 4. The molecule has 1 aromatic carbocycles. The van der Waals surface area contributed by atoms with E-state index in [1.807, 2.05) is 0 Å². The van der Waals surface area contributed by atoms with Gasteiger partial charge in [0.2, 0.25) is 0 Å². The van der Waals surface area contributed by atoms with Crippen LogP contribution in [0, 0.1) is 5.82 Å². The molecule has 1 unspecified atom stereocenters. The molecule has 0 radical (unpaired) electrons. The zero-order chi connectivity index (χ0) is 13.1. The highest BCUT2D eigenvalue weighted by Gasteiger charge is 2.39. The van der Waals surface area contributed by atoms with Gasteiger partial charge in [-0.15, -0.1) is 0 Å². The maximum absolute atomic E-state index is 12.9. The van der Waals surface area contributed by atoms with Crippen LogP contribution in [0.25, 0.3) is 0 Å². The Labute approximate surface area is 102 Å². The summed E-state index contributed by atoms with van der Waals surface area (Å²) in [7, 11) is 0. The Morgan fingerprint density at radius 3 is 2.53 bits per heavy atom. The predicted molar refractivity (Wildman–Crippen MR) is 58.6 cm³/mol. The molecule has 0 aliphatic heterocycles. The average Bonchev–Trinajstić information content (AvgIpc) is 2.21. The Morgan fingerprint density at radius 1 is 1.35 bits per heavy atom. The van der Waals surface area contributed by atoms with Crippen LogP contribution in [0.2, 0.25) is 5.02 Å². The van der Waals surface area contributed by atoms with Gasteiger partial charge in [0.25, 0.3) is 0 Å². The lowest BCUT2D eigenvalue weighted by Gasteiger charge is -2.21. The van der Waals surface area contributed by atoms with Crippen molar-refractivity contribution >= 4 is 11.6 Å². The number of halogens is 5. The standard InChI is InChI=1S/C11H12ClF4N/c1-2-17-10(11(14,15)16)6-7-5-8(13)3-4-9(7)12/h3-5,10,17H,2,6H2,1H3. The fraction of sp³-hybridized carbons (Fsp3) is 0.455. The second kappa shape index (κ2) is 5.69. The van der Waals surface area contributed by atoms with Crippen LogP contribution in [0.4, 0.5) is 17.6 Å². The Hall–Kier alpha value is -0.810. The Balaban J connectivity index is 2.89. The maximum atomic E-state index is 12.9. The van der Waals surface area contributed by atoms with E-state index in [0.717, 1.165) is 12.1 Å². The van der Waals surface area contributed by atoms with Gasteiger partial charge in [0.1, 0.15) is 11.9 Å². The van der Waals surface area contributed by atoms with E-state index < -0.39 is 18.0 Å². The van der Waals surface area contributed by atoms with E-state index in [2.05, 4.69) is 5.32 Å². The van der Waals surface area contributed by atoms with Gasteiger partial charge < -0.3 is 5.32 Å². The van der Waals surface area contributed by atoms with Crippen molar-refractivity contribution in [3.05, 3.63) is 34.6 Å². The van der Waals surface area contributed by atoms with E-state index in [1.54, 1.807) is 6.92 Å². The zero-order valence-corrected chi connectivity index (χ0v) is 9.87. The molecule has 17 heavy (non-hydrogen) atoms. The number of nitrogens with one attached hydrogen (secondary N) is 1. The van der Waals surface area contributed by atoms with Crippen molar-refractivity contribution in [2.24, 2.45) is 0 Å².